The zero-order valence-electron chi connectivity index (χ0n) is 16.8. The van der Waals surface area contributed by atoms with Gasteiger partial charge in [-0.15, -0.1) is 5.10 Å². The van der Waals surface area contributed by atoms with Crippen molar-refractivity contribution in [3.63, 3.8) is 0 Å². The Hall–Kier alpha value is -3.48. The predicted octanol–water partition coefficient (Wildman–Crippen LogP) is 4.37. The van der Waals surface area contributed by atoms with Crippen molar-refractivity contribution in [1.82, 2.24) is 10.2 Å². The zero-order chi connectivity index (χ0) is 22.8. The number of halogens is 2. The summed E-state index contributed by atoms with van der Waals surface area (Å²) in [5.41, 5.74) is 8.77. The monoisotopic (exact) mass is 513 g/mol. The first-order chi connectivity index (χ1) is 15.4. The smallest absolute Gasteiger partial charge is 0.262 e. The lowest BCUT2D eigenvalue weighted by Gasteiger charge is -2.25. The van der Waals surface area contributed by atoms with Gasteiger partial charge in [0.05, 0.1) is 16.6 Å². The second-order valence-electron chi connectivity index (χ2n) is 6.99. The zero-order valence-corrected chi connectivity index (χ0v) is 19.1. The largest absolute Gasteiger partial charge is 0.483 e. The van der Waals surface area contributed by atoms with Crippen molar-refractivity contribution < 1.29 is 14.3 Å². The standard InChI is InChI=1S/C22H17BrClN5O3/c1-11-19-20(14(9-25)21(26)32-22(19)29-28-11)13-8-12(23)6-7-17(13)31-10-18(30)27-16-5-3-2-4-15(16)24/h2-8,20H,10,26H2,1H3,(H,27,30)(H,28,29). The molecule has 1 atom stereocenters. The summed E-state index contributed by atoms with van der Waals surface area (Å²) in [4.78, 5) is 12.5. The van der Waals surface area contributed by atoms with Gasteiger partial charge < -0.3 is 20.5 Å². The van der Waals surface area contributed by atoms with Crippen LogP contribution in [0.1, 0.15) is 22.7 Å². The average Bonchev–Trinajstić information content (AvgIpc) is 3.13. The topological polar surface area (TPSA) is 126 Å². The Kier molecular flexibility index (Phi) is 6.08. The molecule has 1 unspecified atom stereocenters. The number of ether oxygens (including phenoxy) is 2. The maximum Gasteiger partial charge on any atom is 0.262 e. The summed E-state index contributed by atoms with van der Waals surface area (Å²) in [6.07, 6.45) is 0. The number of carbonyl (C=O) groups is 1. The van der Waals surface area contributed by atoms with E-state index in [-0.39, 0.29) is 24.0 Å². The molecule has 162 valence electrons. The molecular formula is C22H17BrClN5O3. The van der Waals surface area contributed by atoms with Gasteiger partial charge in [-0.3, -0.25) is 9.89 Å². The summed E-state index contributed by atoms with van der Waals surface area (Å²) >= 11 is 9.57. The fourth-order valence-corrected chi connectivity index (χ4v) is 4.04. The molecule has 1 aromatic heterocycles. The van der Waals surface area contributed by atoms with Gasteiger partial charge >= 0.3 is 0 Å². The van der Waals surface area contributed by atoms with Crippen LogP contribution in [0.3, 0.4) is 0 Å². The number of carbonyl (C=O) groups excluding carboxylic acids is 1. The third-order valence-corrected chi connectivity index (χ3v) is 5.74. The molecule has 0 bridgehead atoms. The SMILES string of the molecule is Cc1[nH]nc2c1C(c1cc(Br)ccc1OCC(=O)Nc1ccccc1Cl)C(C#N)=C(N)O2. The Morgan fingerprint density at radius 1 is 1.41 bits per heavy atom. The number of fused-ring (bicyclic) bond motifs is 1. The van der Waals surface area contributed by atoms with Gasteiger partial charge in [0, 0.05) is 21.3 Å². The number of para-hydroxylation sites is 1. The molecule has 8 nitrogen and oxygen atoms in total. The maximum absolute atomic E-state index is 12.5. The lowest BCUT2D eigenvalue weighted by atomic mass is 9.83. The van der Waals surface area contributed by atoms with Crippen LogP contribution in [0, 0.1) is 18.3 Å². The summed E-state index contributed by atoms with van der Waals surface area (Å²) in [5, 5.41) is 19.9. The second-order valence-corrected chi connectivity index (χ2v) is 8.31. The van der Waals surface area contributed by atoms with Crippen molar-refractivity contribution in [3.8, 4) is 17.7 Å². The number of hydrogen-bond donors (Lipinski definition) is 3. The Labute approximate surface area is 197 Å². The number of anilines is 1. The number of benzene rings is 2. The number of nitriles is 1. The van der Waals surface area contributed by atoms with Gasteiger partial charge in [-0.05, 0) is 37.3 Å². The van der Waals surface area contributed by atoms with Gasteiger partial charge in [-0.25, -0.2) is 0 Å². The highest BCUT2D eigenvalue weighted by molar-refractivity contribution is 9.10. The summed E-state index contributed by atoms with van der Waals surface area (Å²) in [6.45, 7) is 1.57. The Morgan fingerprint density at radius 2 is 2.19 bits per heavy atom. The molecule has 0 saturated heterocycles. The number of nitrogens with zero attached hydrogens (tertiary/aromatic N) is 2. The van der Waals surface area contributed by atoms with Crippen LogP contribution < -0.4 is 20.5 Å². The number of hydrogen-bond acceptors (Lipinski definition) is 6. The van der Waals surface area contributed by atoms with Crippen molar-refractivity contribution in [2.75, 3.05) is 11.9 Å². The molecular weight excluding hydrogens is 498 g/mol. The highest BCUT2D eigenvalue weighted by Crippen LogP contribution is 2.46. The fraction of sp³-hybridized carbons (Fsp3) is 0.136. The molecule has 1 aliphatic rings. The van der Waals surface area contributed by atoms with Crippen LogP contribution in [0.4, 0.5) is 5.69 Å². The van der Waals surface area contributed by atoms with Crippen LogP contribution in [-0.2, 0) is 4.79 Å². The van der Waals surface area contributed by atoms with Crippen molar-refractivity contribution in [3.05, 3.63) is 80.2 Å². The Morgan fingerprint density at radius 3 is 2.94 bits per heavy atom. The summed E-state index contributed by atoms with van der Waals surface area (Å²) in [7, 11) is 0. The number of allylic oxidation sites excluding steroid dienone is 1. The number of nitrogens with one attached hydrogen (secondary N) is 2. The molecule has 1 amide bonds. The number of nitrogens with two attached hydrogens (primary N) is 1. The van der Waals surface area contributed by atoms with Crippen molar-refractivity contribution >= 4 is 39.1 Å². The third-order valence-electron chi connectivity index (χ3n) is 4.92. The molecule has 32 heavy (non-hydrogen) atoms. The highest BCUT2D eigenvalue weighted by atomic mass is 79.9. The van der Waals surface area contributed by atoms with E-state index in [0.717, 1.165) is 10.2 Å². The van der Waals surface area contributed by atoms with Gasteiger partial charge in [0.2, 0.25) is 11.8 Å². The molecule has 2 heterocycles. The van der Waals surface area contributed by atoms with Gasteiger partial charge in [0.15, 0.2) is 6.61 Å². The van der Waals surface area contributed by atoms with Crippen LogP contribution in [0.25, 0.3) is 0 Å². The first-order valence-electron chi connectivity index (χ1n) is 9.48. The van der Waals surface area contributed by atoms with Crippen molar-refractivity contribution in [1.29, 1.82) is 5.26 Å². The van der Waals surface area contributed by atoms with E-state index in [2.05, 4.69) is 37.5 Å². The molecule has 0 fully saturated rings. The Balaban J connectivity index is 1.66. The minimum absolute atomic E-state index is 0.0288. The maximum atomic E-state index is 12.5. The van der Waals surface area contributed by atoms with E-state index in [1.165, 1.54) is 0 Å². The second kappa shape index (κ2) is 8.94. The number of aromatic nitrogens is 2. The number of amides is 1. The van der Waals surface area contributed by atoms with Gasteiger partial charge in [0.25, 0.3) is 5.91 Å². The molecule has 10 heteroatoms. The molecule has 0 spiro atoms. The van der Waals surface area contributed by atoms with Crippen LogP contribution >= 0.6 is 27.5 Å². The van der Waals surface area contributed by atoms with E-state index < -0.39 is 5.92 Å². The van der Waals surface area contributed by atoms with E-state index in [1.807, 2.05) is 13.0 Å². The molecule has 0 radical (unpaired) electrons. The molecule has 1 aliphatic heterocycles. The molecule has 0 aliphatic carbocycles. The van der Waals surface area contributed by atoms with Crippen LogP contribution in [0.5, 0.6) is 11.6 Å². The minimum Gasteiger partial charge on any atom is -0.483 e. The first kappa shape index (κ1) is 21.7. The quantitative estimate of drug-likeness (QED) is 0.464. The molecule has 4 N–H and O–H groups in total. The Bertz CT molecular complexity index is 1280. The minimum atomic E-state index is -0.582. The van der Waals surface area contributed by atoms with E-state index >= 15 is 0 Å². The van der Waals surface area contributed by atoms with Crippen LogP contribution in [-0.4, -0.2) is 22.7 Å². The third kappa shape index (κ3) is 4.15. The predicted molar refractivity (Wildman–Crippen MR) is 122 cm³/mol. The molecule has 2 aromatic carbocycles. The lowest BCUT2D eigenvalue weighted by molar-refractivity contribution is -0.118. The van der Waals surface area contributed by atoms with E-state index in [4.69, 9.17) is 26.8 Å². The summed E-state index contributed by atoms with van der Waals surface area (Å²) in [5.74, 6) is -0.275. The van der Waals surface area contributed by atoms with E-state index in [9.17, 15) is 10.1 Å². The number of H-pyrrole nitrogens is 1. The highest BCUT2D eigenvalue weighted by Gasteiger charge is 2.36. The number of aryl methyl sites for hydroxylation is 1. The van der Waals surface area contributed by atoms with E-state index in [0.29, 0.717) is 33.5 Å². The fourth-order valence-electron chi connectivity index (χ4n) is 3.48. The summed E-state index contributed by atoms with van der Waals surface area (Å²) in [6, 6.07) is 14.4. The van der Waals surface area contributed by atoms with Crippen molar-refractivity contribution in [2.24, 2.45) is 5.73 Å². The van der Waals surface area contributed by atoms with Gasteiger partial charge in [-0.2, -0.15) is 5.26 Å². The van der Waals surface area contributed by atoms with Gasteiger partial charge in [0.1, 0.15) is 17.4 Å². The van der Waals surface area contributed by atoms with Crippen LogP contribution in [0.15, 0.2) is 58.4 Å². The normalized spacial score (nSPS) is 14.9. The summed E-state index contributed by atoms with van der Waals surface area (Å²) < 4.78 is 12.1. The van der Waals surface area contributed by atoms with Crippen LogP contribution in [0.2, 0.25) is 5.02 Å². The average molecular weight is 515 g/mol. The van der Waals surface area contributed by atoms with Gasteiger partial charge in [-0.1, -0.05) is 39.7 Å². The molecule has 4 rings (SSSR count). The molecule has 0 saturated carbocycles. The number of aromatic amines is 1. The first-order valence-corrected chi connectivity index (χ1v) is 10.6. The lowest BCUT2D eigenvalue weighted by Crippen LogP contribution is -2.23. The van der Waals surface area contributed by atoms with Crippen molar-refractivity contribution in [2.45, 2.75) is 12.8 Å². The molecule has 3 aromatic rings. The number of rotatable bonds is 5. The van der Waals surface area contributed by atoms with E-state index in [1.54, 1.807) is 36.4 Å².